The second-order valence-corrected chi connectivity index (χ2v) is 15.3. The molecule has 12 heteroatoms. The van der Waals surface area contributed by atoms with Crippen LogP contribution in [0.4, 0.5) is 9.93 Å². The Balaban J connectivity index is 1.27. The summed E-state index contributed by atoms with van der Waals surface area (Å²) in [6, 6.07) is 24.0. The zero-order valence-electron chi connectivity index (χ0n) is 26.2. The van der Waals surface area contributed by atoms with E-state index in [1.165, 1.54) is 21.2 Å². The normalized spacial score (nSPS) is 16.1. The quantitative estimate of drug-likeness (QED) is 0.143. The highest BCUT2D eigenvalue weighted by molar-refractivity contribution is 7.89. The molecule has 0 saturated carbocycles. The third-order valence-electron chi connectivity index (χ3n) is 8.19. The molecule has 246 valence electrons. The number of nitrogens with zero attached hydrogens (tertiary/aromatic N) is 3. The van der Waals surface area contributed by atoms with Crippen LogP contribution in [0, 0.1) is 5.92 Å². The van der Waals surface area contributed by atoms with Crippen LogP contribution >= 0.6 is 11.3 Å². The summed E-state index contributed by atoms with van der Waals surface area (Å²) in [6.45, 7) is 6.65. The van der Waals surface area contributed by atoms with Crippen molar-refractivity contribution in [3.8, 4) is 0 Å². The number of aromatic nitrogens is 1. The van der Waals surface area contributed by atoms with Crippen LogP contribution in [0.15, 0.2) is 83.8 Å². The summed E-state index contributed by atoms with van der Waals surface area (Å²) in [6.07, 6.45) is -0.338. The molecule has 1 amide bonds. The molecule has 1 saturated heterocycles. The van der Waals surface area contributed by atoms with Gasteiger partial charge in [-0.05, 0) is 54.5 Å². The van der Waals surface area contributed by atoms with E-state index < -0.39 is 28.3 Å². The number of aliphatic hydroxyl groups is 1. The second-order valence-electron chi connectivity index (χ2n) is 12.4. The highest BCUT2D eigenvalue weighted by atomic mass is 32.2. The number of likely N-dealkylation sites (tertiary alicyclic amines) is 1. The lowest BCUT2D eigenvalue weighted by atomic mass is 10.0. The lowest BCUT2D eigenvalue weighted by Crippen LogP contribution is -2.50. The van der Waals surface area contributed by atoms with Crippen molar-refractivity contribution in [1.82, 2.24) is 19.5 Å². The number of carboxylic acid groups (broad SMARTS) is 1. The molecule has 4 aromatic rings. The summed E-state index contributed by atoms with van der Waals surface area (Å²) in [5.41, 5.74) is 2.87. The number of carbonyl (C=O) groups is 1. The maximum atomic E-state index is 14.0. The molecule has 5 rings (SSSR count). The predicted octanol–water partition coefficient (Wildman–Crippen LogP) is 5.26. The fourth-order valence-corrected chi connectivity index (χ4v) is 8.56. The van der Waals surface area contributed by atoms with Crippen LogP contribution in [0.1, 0.15) is 37.8 Å². The van der Waals surface area contributed by atoms with E-state index in [0.29, 0.717) is 6.04 Å². The van der Waals surface area contributed by atoms with Crippen molar-refractivity contribution in [3.05, 3.63) is 90.0 Å². The number of rotatable bonds is 14. The van der Waals surface area contributed by atoms with Gasteiger partial charge >= 0.3 is 6.09 Å². The highest BCUT2D eigenvalue weighted by Crippen LogP contribution is 2.31. The molecule has 1 aliphatic rings. The van der Waals surface area contributed by atoms with Crippen molar-refractivity contribution in [2.24, 2.45) is 5.92 Å². The third kappa shape index (κ3) is 9.04. The molecule has 2 heterocycles. The van der Waals surface area contributed by atoms with Gasteiger partial charge in [-0.1, -0.05) is 85.8 Å². The molecule has 1 aliphatic heterocycles. The van der Waals surface area contributed by atoms with Crippen molar-refractivity contribution < 1.29 is 23.4 Å². The monoisotopic (exact) mass is 665 g/mol. The topological polar surface area (TPSA) is 135 Å². The standard InChI is InChI=1S/C34H43N5O5S2/c1-24(2)21-39(23-31(40)30(37-34(41)42)19-25-9-5-3-6-10-25)46(43,44)28-13-14-29-32(20-28)45-33(36-29)35-27-15-17-38(18-16-27)22-26-11-7-4-8-12-26/h3-14,20,24,27,30-31,37,40H,15-19,21-23H2,1-2H3,(H,35,36)(H,41,42). The van der Waals surface area contributed by atoms with E-state index in [1.54, 1.807) is 18.2 Å². The number of anilines is 1. The first-order valence-electron chi connectivity index (χ1n) is 15.7. The zero-order chi connectivity index (χ0) is 32.7. The summed E-state index contributed by atoms with van der Waals surface area (Å²) in [5.74, 6) is -0.0240. The number of hydrogen-bond donors (Lipinski definition) is 4. The molecule has 0 aliphatic carbocycles. The summed E-state index contributed by atoms with van der Waals surface area (Å²) >= 11 is 1.43. The van der Waals surface area contributed by atoms with Gasteiger partial charge in [-0.2, -0.15) is 4.31 Å². The van der Waals surface area contributed by atoms with E-state index in [9.17, 15) is 23.4 Å². The number of nitrogens with one attached hydrogen (secondary N) is 2. The van der Waals surface area contributed by atoms with E-state index in [0.717, 1.165) is 53.4 Å². The molecule has 3 aromatic carbocycles. The van der Waals surface area contributed by atoms with Crippen LogP contribution in [0.2, 0.25) is 0 Å². The third-order valence-corrected chi connectivity index (χ3v) is 11.0. The number of benzene rings is 3. The van der Waals surface area contributed by atoms with E-state index in [1.807, 2.05) is 50.2 Å². The largest absolute Gasteiger partial charge is 0.465 e. The highest BCUT2D eigenvalue weighted by Gasteiger charge is 2.32. The average Bonchev–Trinajstić information content (AvgIpc) is 3.43. The molecule has 2 unspecified atom stereocenters. The Bertz CT molecular complexity index is 1680. The first kappa shape index (κ1) is 33.8. The van der Waals surface area contributed by atoms with Crippen molar-refractivity contribution in [2.45, 2.75) is 62.7 Å². The lowest BCUT2D eigenvalue weighted by Gasteiger charge is -2.32. The molecule has 10 nitrogen and oxygen atoms in total. The van der Waals surface area contributed by atoms with E-state index >= 15 is 0 Å². The molecule has 0 radical (unpaired) electrons. The molecular weight excluding hydrogens is 623 g/mol. The number of thiazole rings is 1. The first-order chi connectivity index (χ1) is 22.1. The van der Waals surface area contributed by atoms with Crippen LogP contribution in [0.3, 0.4) is 0 Å². The Labute approximate surface area is 275 Å². The maximum absolute atomic E-state index is 14.0. The summed E-state index contributed by atoms with van der Waals surface area (Å²) < 4.78 is 30.0. The molecule has 0 bridgehead atoms. The summed E-state index contributed by atoms with van der Waals surface area (Å²) in [7, 11) is -4.02. The second kappa shape index (κ2) is 15.4. The van der Waals surface area contributed by atoms with Crippen molar-refractivity contribution in [3.63, 3.8) is 0 Å². The number of aliphatic hydroxyl groups excluding tert-OH is 1. The van der Waals surface area contributed by atoms with Gasteiger partial charge in [0.15, 0.2) is 5.13 Å². The number of hydrogen-bond acceptors (Lipinski definition) is 8. The van der Waals surface area contributed by atoms with Crippen LogP contribution in [-0.2, 0) is 23.0 Å². The molecular formula is C34H43N5O5S2. The smallest absolute Gasteiger partial charge is 0.404 e. The average molecular weight is 666 g/mol. The predicted molar refractivity (Wildman–Crippen MR) is 183 cm³/mol. The minimum Gasteiger partial charge on any atom is -0.465 e. The van der Waals surface area contributed by atoms with Gasteiger partial charge in [0, 0.05) is 38.8 Å². The first-order valence-corrected chi connectivity index (χ1v) is 18.0. The Morgan fingerprint density at radius 1 is 1.00 bits per heavy atom. The number of fused-ring (bicyclic) bond motifs is 1. The van der Waals surface area contributed by atoms with E-state index in [2.05, 4.69) is 39.8 Å². The van der Waals surface area contributed by atoms with Gasteiger partial charge in [0.2, 0.25) is 10.0 Å². The van der Waals surface area contributed by atoms with Gasteiger partial charge in [-0.15, -0.1) is 0 Å². The van der Waals surface area contributed by atoms with Crippen LogP contribution in [0.5, 0.6) is 0 Å². The van der Waals surface area contributed by atoms with Crippen molar-refractivity contribution >= 4 is 42.8 Å². The van der Waals surface area contributed by atoms with E-state index in [4.69, 9.17) is 4.98 Å². The Hall–Kier alpha value is -3.55. The molecule has 1 aromatic heterocycles. The van der Waals surface area contributed by atoms with Crippen molar-refractivity contribution in [2.75, 3.05) is 31.5 Å². The van der Waals surface area contributed by atoms with Gasteiger partial charge < -0.3 is 20.8 Å². The van der Waals surface area contributed by atoms with Gasteiger partial charge in [0.25, 0.3) is 0 Å². The van der Waals surface area contributed by atoms with Gasteiger partial charge in [-0.25, -0.2) is 18.2 Å². The fourth-order valence-electron chi connectivity index (χ4n) is 5.85. The SMILES string of the molecule is CC(C)CN(CC(O)C(Cc1ccccc1)NC(=O)O)S(=O)(=O)c1ccc2nc(NC3CCN(Cc4ccccc4)CC3)sc2c1. The number of piperidine rings is 1. The van der Waals surface area contributed by atoms with Crippen molar-refractivity contribution in [1.29, 1.82) is 0 Å². The maximum Gasteiger partial charge on any atom is 0.404 e. The molecule has 0 spiro atoms. The minimum absolute atomic E-state index is 0.0240. The molecule has 1 fully saturated rings. The number of amides is 1. The Morgan fingerprint density at radius 3 is 2.28 bits per heavy atom. The summed E-state index contributed by atoms with van der Waals surface area (Å²) in [4.78, 5) is 18.9. The molecule has 2 atom stereocenters. The molecule has 46 heavy (non-hydrogen) atoms. The van der Waals surface area contributed by atoms with Crippen LogP contribution in [0.25, 0.3) is 10.2 Å². The van der Waals surface area contributed by atoms with Gasteiger partial charge in [0.05, 0.1) is 27.3 Å². The fraction of sp³-hybridized carbons (Fsp3) is 0.412. The zero-order valence-corrected chi connectivity index (χ0v) is 27.9. The van der Waals surface area contributed by atoms with Gasteiger partial charge in [0.1, 0.15) is 0 Å². The Kier molecular flexibility index (Phi) is 11.3. The molecule has 4 N–H and O–H groups in total. The van der Waals surface area contributed by atoms with Crippen LogP contribution in [-0.4, -0.2) is 83.3 Å². The minimum atomic E-state index is -4.02. The number of sulfonamides is 1. The van der Waals surface area contributed by atoms with Gasteiger partial charge in [-0.3, -0.25) is 4.90 Å². The van der Waals surface area contributed by atoms with Crippen LogP contribution < -0.4 is 10.6 Å². The van der Waals surface area contributed by atoms with E-state index in [-0.39, 0.29) is 30.3 Å². The lowest BCUT2D eigenvalue weighted by molar-refractivity contribution is 0.0980. The summed E-state index contributed by atoms with van der Waals surface area (Å²) in [5, 5.41) is 27.3. The Morgan fingerprint density at radius 2 is 1.65 bits per heavy atom.